The van der Waals surface area contributed by atoms with Crippen LogP contribution in [0, 0.1) is 0 Å². The second kappa shape index (κ2) is 11.9. The number of aromatic nitrogens is 2. The molecule has 1 aliphatic heterocycles. The molecule has 0 aliphatic carbocycles. The number of fused-ring (bicyclic) bond motifs is 1. The highest BCUT2D eigenvalue weighted by molar-refractivity contribution is 14.0. The van der Waals surface area contributed by atoms with Gasteiger partial charge >= 0.3 is 0 Å². The van der Waals surface area contributed by atoms with Gasteiger partial charge < -0.3 is 10.6 Å². The number of hydrogen-bond acceptors (Lipinski definition) is 3. The third-order valence-corrected chi connectivity index (χ3v) is 5.57. The summed E-state index contributed by atoms with van der Waals surface area (Å²) in [6.07, 6.45) is 5.83. The van der Waals surface area contributed by atoms with Gasteiger partial charge in [-0.2, -0.15) is 5.10 Å². The smallest absolute Gasteiger partial charge is 0.191 e. The maximum absolute atomic E-state index is 4.35. The van der Waals surface area contributed by atoms with Crippen LogP contribution < -0.4 is 10.6 Å². The van der Waals surface area contributed by atoms with Crippen molar-refractivity contribution in [1.82, 2.24) is 25.3 Å². The van der Waals surface area contributed by atoms with Crippen LogP contribution in [-0.2, 0) is 19.4 Å². The van der Waals surface area contributed by atoms with E-state index < -0.39 is 0 Å². The van der Waals surface area contributed by atoms with E-state index in [1.165, 1.54) is 16.7 Å². The number of nitrogens with one attached hydrogen (secondary N) is 2. The number of hydrogen-bond donors (Lipinski definition) is 2. The van der Waals surface area contributed by atoms with E-state index in [1.807, 2.05) is 24.0 Å². The molecule has 4 rings (SSSR count). The lowest BCUT2D eigenvalue weighted by atomic mass is 10.00. The minimum absolute atomic E-state index is 0. The molecule has 0 fully saturated rings. The molecular weight excluding hydrogens is 499 g/mol. The molecule has 31 heavy (non-hydrogen) atoms. The molecule has 7 heteroatoms. The van der Waals surface area contributed by atoms with Gasteiger partial charge in [-0.3, -0.25) is 9.89 Å². The number of halogens is 1. The zero-order valence-electron chi connectivity index (χ0n) is 18.0. The van der Waals surface area contributed by atoms with Crippen LogP contribution in [-0.4, -0.2) is 53.9 Å². The van der Waals surface area contributed by atoms with Gasteiger partial charge in [0.05, 0.1) is 5.69 Å². The highest BCUT2D eigenvalue weighted by Gasteiger charge is 2.15. The van der Waals surface area contributed by atoms with Crippen LogP contribution in [0.5, 0.6) is 0 Å². The summed E-state index contributed by atoms with van der Waals surface area (Å²) in [7, 11) is 1.82. The molecule has 2 N–H and O–H groups in total. The standard InChI is InChI=1S/C24H30N6.HI/c1-25-24(27-15-18-29-17-12-21-5-2-3-6-22(21)19-29)26-14-11-20-7-9-23(10-8-20)30-16-4-13-28-30;/h2-10,13,16H,11-12,14-15,17-19H2,1H3,(H2,25,26,27);1H. The topological polar surface area (TPSA) is 57.5 Å². The first-order chi connectivity index (χ1) is 14.8. The summed E-state index contributed by atoms with van der Waals surface area (Å²) in [5, 5.41) is 11.1. The Kier molecular flexibility index (Phi) is 8.90. The molecule has 0 radical (unpaired) electrons. The molecule has 2 heterocycles. The van der Waals surface area contributed by atoms with Gasteiger partial charge in [0.15, 0.2) is 5.96 Å². The summed E-state index contributed by atoms with van der Waals surface area (Å²) in [5.74, 6) is 0.862. The SMILES string of the molecule is CN=C(NCCc1ccc(-n2cccn2)cc1)NCCN1CCc2ccccc2C1.I. The zero-order chi connectivity index (χ0) is 20.6. The molecule has 0 amide bonds. The Balaban J connectivity index is 0.00000272. The highest BCUT2D eigenvalue weighted by Crippen LogP contribution is 2.17. The minimum Gasteiger partial charge on any atom is -0.356 e. The summed E-state index contributed by atoms with van der Waals surface area (Å²) in [6, 6.07) is 19.2. The molecule has 3 aromatic rings. The van der Waals surface area contributed by atoms with Gasteiger partial charge in [-0.15, -0.1) is 24.0 Å². The van der Waals surface area contributed by atoms with E-state index in [1.54, 1.807) is 6.20 Å². The first kappa shape index (κ1) is 23.3. The van der Waals surface area contributed by atoms with Crippen LogP contribution in [0.1, 0.15) is 16.7 Å². The number of rotatable bonds is 7. The van der Waals surface area contributed by atoms with Gasteiger partial charge in [0.1, 0.15) is 0 Å². The van der Waals surface area contributed by atoms with Crippen LogP contribution in [0.3, 0.4) is 0 Å². The highest BCUT2D eigenvalue weighted by atomic mass is 127. The monoisotopic (exact) mass is 530 g/mol. The lowest BCUT2D eigenvalue weighted by Crippen LogP contribution is -2.43. The summed E-state index contributed by atoms with van der Waals surface area (Å²) >= 11 is 0. The van der Waals surface area contributed by atoms with Crippen molar-refractivity contribution in [2.45, 2.75) is 19.4 Å². The van der Waals surface area contributed by atoms with Crippen molar-refractivity contribution >= 4 is 29.9 Å². The van der Waals surface area contributed by atoms with Gasteiger partial charge in [-0.1, -0.05) is 36.4 Å². The van der Waals surface area contributed by atoms with Gasteiger partial charge in [0, 0.05) is 52.2 Å². The third kappa shape index (κ3) is 6.54. The molecule has 2 aromatic carbocycles. The Morgan fingerprint density at radius 1 is 1.00 bits per heavy atom. The second-order valence-corrected chi connectivity index (χ2v) is 7.59. The predicted octanol–water partition coefficient (Wildman–Crippen LogP) is 3.26. The van der Waals surface area contributed by atoms with E-state index in [-0.39, 0.29) is 24.0 Å². The summed E-state index contributed by atoms with van der Waals surface area (Å²) in [4.78, 5) is 6.85. The van der Waals surface area contributed by atoms with E-state index in [4.69, 9.17) is 0 Å². The zero-order valence-corrected chi connectivity index (χ0v) is 20.3. The second-order valence-electron chi connectivity index (χ2n) is 7.59. The van der Waals surface area contributed by atoms with Crippen LogP contribution in [0.25, 0.3) is 5.69 Å². The Morgan fingerprint density at radius 3 is 2.52 bits per heavy atom. The van der Waals surface area contributed by atoms with Crippen molar-refractivity contribution in [3.8, 4) is 5.69 Å². The molecule has 1 aliphatic rings. The molecule has 0 saturated heterocycles. The molecule has 0 bridgehead atoms. The average molecular weight is 530 g/mol. The van der Waals surface area contributed by atoms with Gasteiger partial charge in [0.2, 0.25) is 0 Å². The molecule has 6 nitrogen and oxygen atoms in total. The Morgan fingerprint density at radius 2 is 1.77 bits per heavy atom. The van der Waals surface area contributed by atoms with Gasteiger partial charge in [-0.05, 0) is 47.7 Å². The van der Waals surface area contributed by atoms with E-state index in [0.717, 1.165) is 57.2 Å². The van der Waals surface area contributed by atoms with Crippen LogP contribution in [0.15, 0.2) is 72.0 Å². The summed E-state index contributed by atoms with van der Waals surface area (Å²) < 4.78 is 1.87. The quantitative estimate of drug-likeness (QED) is 0.280. The first-order valence-corrected chi connectivity index (χ1v) is 10.6. The lowest BCUT2D eigenvalue weighted by molar-refractivity contribution is 0.258. The fourth-order valence-electron chi connectivity index (χ4n) is 3.86. The summed E-state index contributed by atoms with van der Waals surface area (Å²) in [6.45, 7) is 4.92. The molecular formula is C24H31IN6. The Bertz CT molecular complexity index is 952. The predicted molar refractivity (Wildman–Crippen MR) is 137 cm³/mol. The molecule has 0 spiro atoms. The molecule has 1 aromatic heterocycles. The van der Waals surface area contributed by atoms with Gasteiger partial charge in [-0.25, -0.2) is 4.68 Å². The minimum atomic E-state index is 0. The Hall–Kier alpha value is -2.39. The number of guanidine groups is 1. The van der Waals surface area contributed by atoms with E-state index in [2.05, 4.69) is 74.2 Å². The average Bonchev–Trinajstić information content (AvgIpc) is 3.33. The molecule has 0 unspecified atom stereocenters. The fourth-order valence-corrected chi connectivity index (χ4v) is 3.86. The lowest BCUT2D eigenvalue weighted by Gasteiger charge is -2.28. The van der Waals surface area contributed by atoms with E-state index in [0.29, 0.717) is 0 Å². The van der Waals surface area contributed by atoms with Crippen molar-refractivity contribution in [1.29, 1.82) is 0 Å². The van der Waals surface area contributed by atoms with Crippen molar-refractivity contribution in [3.05, 3.63) is 83.7 Å². The largest absolute Gasteiger partial charge is 0.356 e. The normalized spacial score (nSPS) is 13.9. The van der Waals surface area contributed by atoms with Crippen LogP contribution in [0.2, 0.25) is 0 Å². The Labute approximate surface area is 201 Å². The van der Waals surface area contributed by atoms with Crippen molar-refractivity contribution in [3.63, 3.8) is 0 Å². The third-order valence-electron chi connectivity index (χ3n) is 5.57. The van der Waals surface area contributed by atoms with Crippen molar-refractivity contribution in [2.75, 3.05) is 33.2 Å². The fraction of sp³-hybridized carbons (Fsp3) is 0.333. The maximum atomic E-state index is 4.35. The van der Waals surface area contributed by atoms with E-state index >= 15 is 0 Å². The van der Waals surface area contributed by atoms with Gasteiger partial charge in [0.25, 0.3) is 0 Å². The van der Waals surface area contributed by atoms with Crippen LogP contribution in [0.4, 0.5) is 0 Å². The number of nitrogens with zero attached hydrogens (tertiary/aromatic N) is 4. The summed E-state index contributed by atoms with van der Waals surface area (Å²) in [5.41, 5.74) is 5.33. The first-order valence-electron chi connectivity index (χ1n) is 10.6. The number of benzene rings is 2. The van der Waals surface area contributed by atoms with Crippen molar-refractivity contribution < 1.29 is 0 Å². The van der Waals surface area contributed by atoms with Crippen LogP contribution >= 0.6 is 24.0 Å². The maximum Gasteiger partial charge on any atom is 0.191 e. The molecule has 164 valence electrons. The molecule has 0 atom stereocenters. The van der Waals surface area contributed by atoms with Crippen molar-refractivity contribution in [2.24, 2.45) is 4.99 Å². The van der Waals surface area contributed by atoms with E-state index in [9.17, 15) is 0 Å². The number of aliphatic imine (C=N–C) groups is 1. The molecule has 0 saturated carbocycles.